The number of hydrogen-bond acceptors (Lipinski definition) is 3. The van der Waals surface area contributed by atoms with E-state index in [-0.39, 0.29) is 0 Å². The topological polar surface area (TPSA) is 42.7 Å². The van der Waals surface area contributed by atoms with E-state index in [0.717, 1.165) is 30.8 Å². The van der Waals surface area contributed by atoms with E-state index >= 15 is 0 Å². The van der Waals surface area contributed by atoms with Crippen LogP contribution in [0.25, 0.3) is 5.69 Å². The molecule has 0 aliphatic heterocycles. The third-order valence-electron chi connectivity index (χ3n) is 2.47. The standard InChI is InChI=1S/C12H15ClN4/c1-2-3-6-15-11-7-10(13)4-5-12(11)17-9-14-8-16-17/h4-5,7-9,15H,2-3,6H2,1H3. The van der Waals surface area contributed by atoms with E-state index in [1.165, 1.54) is 6.33 Å². The fraction of sp³-hybridized carbons (Fsp3) is 0.333. The summed E-state index contributed by atoms with van der Waals surface area (Å²) in [6, 6.07) is 5.70. The molecule has 0 aliphatic carbocycles. The summed E-state index contributed by atoms with van der Waals surface area (Å²) in [7, 11) is 0. The molecule has 4 nitrogen and oxygen atoms in total. The van der Waals surface area contributed by atoms with Crippen molar-refractivity contribution in [1.29, 1.82) is 0 Å². The number of nitrogens with one attached hydrogen (secondary N) is 1. The van der Waals surface area contributed by atoms with Crippen LogP contribution < -0.4 is 5.32 Å². The van der Waals surface area contributed by atoms with Crippen LogP contribution in [0.4, 0.5) is 5.69 Å². The lowest BCUT2D eigenvalue weighted by atomic mass is 10.2. The minimum absolute atomic E-state index is 0.716. The van der Waals surface area contributed by atoms with Gasteiger partial charge in [0, 0.05) is 11.6 Å². The highest BCUT2D eigenvalue weighted by molar-refractivity contribution is 6.31. The fourth-order valence-corrected chi connectivity index (χ4v) is 1.75. The van der Waals surface area contributed by atoms with Crippen molar-refractivity contribution in [2.24, 2.45) is 0 Å². The van der Waals surface area contributed by atoms with Crippen molar-refractivity contribution in [3.8, 4) is 5.69 Å². The maximum atomic E-state index is 6.01. The van der Waals surface area contributed by atoms with Crippen LogP contribution in [0.2, 0.25) is 5.02 Å². The van der Waals surface area contributed by atoms with E-state index in [9.17, 15) is 0 Å². The molecule has 2 rings (SSSR count). The SMILES string of the molecule is CCCCNc1cc(Cl)ccc1-n1cncn1. The highest BCUT2D eigenvalue weighted by Crippen LogP contribution is 2.23. The number of benzene rings is 1. The van der Waals surface area contributed by atoms with Gasteiger partial charge in [-0.25, -0.2) is 9.67 Å². The summed E-state index contributed by atoms with van der Waals surface area (Å²) < 4.78 is 1.73. The zero-order chi connectivity index (χ0) is 12.1. The Morgan fingerprint density at radius 3 is 3.00 bits per heavy atom. The van der Waals surface area contributed by atoms with E-state index in [1.54, 1.807) is 11.0 Å². The van der Waals surface area contributed by atoms with Crippen molar-refractivity contribution in [3.63, 3.8) is 0 Å². The highest BCUT2D eigenvalue weighted by atomic mass is 35.5. The maximum Gasteiger partial charge on any atom is 0.138 e. The molecule has 0 saturated carbocycles. The summed E-state index contributed by atoms with van der Waals surface area (Å²) in [4.78, 5) is 3.95. The molecule has 0 saturated heterocycles. The van der Waals surface area contributed by atoms with Crippen molar-refractivity contribution < 1.29 is 0 Å². The molecule has 90 valence electrons. The van der Waals surface area contributed by atoms with Gasteiger partial charge in [-0.05, 0) is 24.6 Å². The van der Waals surface area contributed by atoms with Gasteiger partial charge in [0.15, 0.2) is 0 Å². The fourth-order valence-electron chi connectivity index (χ4n) is 1.58. The van der Waals surface area contributed by atoms with Gasteiger partial charge in [-0.3, -0.25) is 0 Å². The Bertz CT molecular complexity index is 467. The molecule has 0 spiro atoms. The van der Waals surface area contributed by atoms with E-state index < -0.39 is 0 Å². The maximum absolute atomic E-state index is 6.01. The van der Waals surface area contributed by atoms with Crippen LogP contribution >= 0.6 is 11.6 Å². The number of rotatable bonds is 5. The van der Waals surface area contributed by atoms with E-state index in [0.29, 0.717) is 5.02 Å². The quantitative estimate of drug-likeness (QED) is 0.829. The number of hydrogen-bond donors (Lipinski definition) is 1. The molecule has 17 heavy (non-hydrogen) atoms. The molecular weight excluding hydrogens is 236 g/mol. The molecule has 2 aromatic rings. The molecule has 1 heterocycles. The first-order valence-electron chi connectivity index (χ1n) is 5.69. The number of aromatic nitrogens is 3. The summed E-state index contributed by atoms with van der Waals surface area (Å²) in [6.07, 6.45) is 5.48. The number of anilines is 1. The van der Waals surface area contributed by atoms with Gasteiger partial charge >= 0.3 is 0 Å². The summed E-state index contributed by atoms with van der Waals surface area (Å²) >= 11 is 6.01. The van der Waals surface area contributed by atoms with Gasteiger partial charge in [0.2, 0.25) is 0 Å². The van der Waals surface area contributed by atoms with Crippen LogP contribution in [-0.4, -0.2) is 21.3 Å². The van der Waals surface area contributed by atoms with Gasteiger partial charge in [-0.1, -0.05) is 24.9 Å². The lowest BCUT2D eigenvalue weighted by molar-refractivity contribution is 0.828. The predicted octanol–water partition coefficient (Wildman–Crippen LogP) is 3.13. The first-order valence-corrected chi connectivity index (χ1v) is 6.07. The molecule has 0 bridgehead atoms. The summed E-state index contributed by atoms with van der Waals surface area (Å²) in [5.41, 5.74) is 1.94. The lowest BCUT2D eigenvalue weighted by Crippen LogP contribution is -2.06. The average Bonchev–Trinajstić information content (AvgIpc) is 2.83. The molecule has 0 fully saturated rings. The molecule has 1 aromatic carbocycles. The average molecular weight is 251 g/mol. The number of nitrogens with zero attached hydrogens (tertiary/aromatic N) is 3. The van der Waals surface area contributed by atoms with Gasteiger partial charge in [0.25, 0.3) is 0 Å². The Morgan fingerprint density at radius 2 is 2.29 bits per heavy atom. The third-order valence-corrected chi connectivity index (χ3v) is 2.71. The zero-order valence-corrected chi connectivity index (χ0v) is 10.5. The lowest BCUT2D eigenvalue weighted by Gasteiger charge is -2.11. The van der Waals surface area contributed by atoms with Gasteiger partial charge in [0.1, 0.15) is 12.7 Å². The molecule has 0 unspecified atom stereocenters. The minimum atomic E-state index is 0.716. The Kier molecular flexibility index (Phi) is 3.98. The third kappa shape index (κ3) is 2.97. The van der Waals surface area contributed by atoms with Crippen LogP contribution in [0.5, 0.6) is 0 Å². The molecule has 0 radical (unpaired) electrons. The Morgan fingerprint density at radius 1 is 1.41 bits per heavy atom. The second-order valence-electron chi connectivity index (χ2n) is 3.78. The Labute approximate surface area is 106 Å². The van der Waals surface area contributed by atoms with E-state index in [1.807, 2.05) is 18.2 Å². The number of unbranched alkanes of at least 4 members (excludes halogenated alkanes) is 1. The summed E-state index contributed by atoms with van der Waals surface area (Å²) in [6.45, 7) is 3.09. The molecule has 1 aromatic heterocycles. The van der Waals surface area contributed by atoms with Gasteiger partial charge in [-0.2, -0.15) is 5.10 Å². The monoisotopic (exact) mass is 250 g/mol. The van der Waals surface area contributed by atoms with Gasteiger partial charge in [0.05, 0.1) is 11.4 Å². The van der Waals surface area contributed by atoms with Crippen molar-refractivity contribution in [2.45, 2.75) is 19.8 Å². The van der Waals surface area contributed by atoms with Crippen molar-refractivity contribution >= 4 is 17.3 Å². The van der Waals surface area contributed by atoms with Crippen LogP contribution in [0.3, 0.4) is 0 Å². The largest absolute Gasteiger partial charge is 0.383 e. The van der Waals surface area contributed by atoms with Gasteiger partial charge < -0.3 is 5.32 Å². The predicted molar refractivity (Wildman–Crippen MR) is 69.8 cm³/mol. The smallest absolute Gasteiger partial charge is 0.138 e. The summed E-state index contributed by atoms with van der Waals surface area (Å²) in [5, 5.41) is 8.21. The molecule has 0 amide bonds. The zero-order valence-electron chi connectivity index (χ0n) is 9.73. The highest BCUT2D eigenvalue weighted by Gasteiger charge is 2.05. The van der Waals surface area contributed by atoms with Crippen LogP contribution in [0, 0.1) is 0 Å². The molecule has 1 N–H and O–H groups in total. The Balaban J connectivity index is 2.25. The summed E-state index contributed by atoms with van der Waals surface area (Å²) in [5.74, 6) is 0. The minimum Gasteiger partial charge on any atom is -0.383 e. The van der Waals surface area contributed by atoms with Crippen molar-refractivity contribution in [3.05, 3.63) is 35.9 Å². The molecular formula is C12H15ClN4. The van der Waals surface area contributed by atoms with Crippen LogP contribution in [-0.2, 0) is 0 Å². The second-order valence-corrected chi connectivity index (χ2v) is 4.22. The van der Waals surface area contributed by atoms with E-state index in [2.05, 4.69) is 22.3 Å². The molecule has 0 atom stereocenters. The van der Waals surface area contributed by atoms with Crippen molar-refractivity contribution in [1.82, 2.24) is 14.8 Å². The normalized spacial score (nSPS) is 10.5. The Hall–Kier alpha value is -1.55. The van der Waals surface area contributed by atoms with E-state index in [4.69, 9.17) is 11.6 Å². The van der Waals surface area contributed by atoms with Crippen LogP contribution in [0.15, 0.2) is 30.9 Å². The van der Waals surface area contributed by atoms with Crippen LogP contribution in [0.1, 0.15) is 19.8 Å². The first kappa shape index (κ1) is 11.9. The number of halogens is 1. The first-order chi connectivity index (χ1) is 8.31. The molecule has 0 aliphatic rings. The second kappa shape index (κ2) is 5.68. The molecule has 5 heteroatoms. The van der Waals surface area contributed by atoms with Crippen molar-refractivity contribution in [2.75, 3.05) is 11.9 Å². The van der Waals surface area contributed by atoms with Gasteiger partial charge in [-0.15, -0.1) is 0 Å².